The minimum Gasteiger partial charge on any atom is -0.381 e. The lowest BCUT2D eigenvalue weighted by atomic mass is 10.0. The Morgan fingerprint density at radius 1 is 1.32 bits per heavy atom. The van der Waals surface area contributed by atoms with Crippen molar-refractivity contribution >= 4 is 23.3 Å². The normalized spacial score (nSPS) is 20.7. The molecule has 2 amide bonds. The van der Waals surface area contributed by atoms with Crippen molar-refractivity contribution in [3.05, 3.63) is 29.3 Å². The number of amides is 2. The number of piperidine rings is 1. The predicted molar refractivity (Wildman–Crippen MR) is 87.4 cm³/mol. The van der Waals surface area contributed by atoms with Crippen molar-refractivity contribution in [3.63, 3.8) is 0 Å². The monoisotopic (exact) mass is 323 g/mol. The van der Waals surface area contributed by atoms with Crippen LogP contribution in [0.5, 0.6) is 0 Å². The van der Waals surface area contributed by atoms with E-state index in [0.717, 1.165) is 44.7 Å². The van der Waals surface area contributed by atoms with Crippen molar-refractivity contribution in [2.24, 2.45) is 0 Å². The second-order valence-corrected chi connectivity index (χ2v) is 6.41. The van der Waals surface area contributed by atoms with Gasteiger partial charge in [0.15, 0.2) is 0 Å². The molecule has 2 saturated heterocycles. The Morgan fingerprint density at radius 3 is 2.68 bits per heavy atom. The van der Waals surface area contributed by atoms with Crippen LogP contribution < -0.4 is 5.32 Å². The first-order valence-corrected chi connectivity index (χ1v) is 8.12. The Hall–Kier alpha value is -1.30. The lowest BCUT2D eigenvalue weighted by molar-refractivity contribution is -0.00369. The Bertz CT molecular complexity index is 526. The lowest BCUT2D eigenvalue weighted by Gasteiger charge is -2.47. The highest BCUT2D eigenvalue weighted by Gasteiger charge is 2.36. The molecule has 1 aromatic rings. The Kier molecular flexibility index (Phi) is 4.86. The van der Waals surface area contributed by atoms with Crippen molar-refractivity contribution < 1.29 is 9.53 Å². The van der Waals surface area contributed by atoms with Crippen molar-refractivity contribution in [1.29, 1.82) is 0 Å². The first-order valence-electron chi connectivity index (χ1n) is 7.74. The van der Waals surface area contributed by atoms with Gasteiger partial charge < -0.3 is 15.0 Å². The van der Waals surface area contributed by atoms with Crippen molar-refractivity contribution in [3.8, 4) is 0 Å². The van der Waals surface area contributed by atoms with Gasteiger partial charge in [-0.1, -0.05) is 17.7 Å². The summed E-state index contributed by atoms with van der Waals surface area (Å²) >= 11 is 5.92. The quantitative estimate of drug-likeness (QED) is 0.930. The maximum Gasteiger partial charge on any atom is 0.321 e. The van der Waals surface area contributed by atoms with E-state index in [0.29, 0.717) is 17.2 Å². The number of anilines is 1. The first-order chi connectivity index (χ1) is 10.7. The molecule has 0 aliphatic carbocycles. The van der Waals surface area contributed by atoms with Gasteiger partial charge in [0.25, 0.3) is 0 Å². The van der Waals surface area contributed by atoms with Gasteiger partial charge in [-0.25, -0.2) is 4.79 Å². The van der Waals surface area contributed by atoms with E-state index in [9.17, 15) is 4.79 Å². The summed E-state index contributed by atoms with van der Waals surface area (Å²) in [6, 6.07) is 7.66. The molecule has 2 aliphatic heterocycles. The summed E-state index contributed by atoms with van der Waals surface area (Å²) in [7, 11) is 1.78. The van der Waals surface area contributed by atoms with Crippen LogP contribution in [-0.2, 0) is 4.74 Å². The van der Waals surface area contributed by atoms with Crippen LogP contribution in [0.4, 0.5) is 10.5 Å². The van der Waals surface area contributed by atoms with Crippen LogP contribution in [0.1, 0.15) is 12.8 Å². The molecule has 120 valence electrons. The highest BCUT2D eigenvalue weighted by molar-refractivity contribution is 6.30. The third-order valence-electron chi connectivity index (χ3n) is 4.55. The SMILES string of the molecule is COC1CCN(C2CN(C(=O)Nc3cccc(Cl)c3)C2)CC1. The molecule has 0 radical (unpaired) electrons. The molecule has 2 heterocycles. The topological polar surface area (TPSA) is 44.8 Å². The number of likely N-dealkylation sites (tertiary alicyclic amines) is 2. The summed E-state index contributed by atoms with van der Waals surface area (Å²) in [5.41, 5.74) is 0.738. The molecule has 22 heavy (non-hydrogen) atoms. The number of halogens is 1. The molecule has 6 heteroatoms. The fourth-order valence-corrected chi connectivity index (χ4v) is 3.29. The van der Waals surface area contributed by atoms with Crippen LogP contribution in [0, 0.1) is 0 Å². The van der Waals surface area contributed by atoms with Gasteiger partial charge in [0.2, 0.25) is 0 Å². The number of nitrogens with zero attached hydrogens (tertiary/aromatic N) is 2. The van der Waals surface area contributed by atoms with Gasteiger partial charge in [0, 0.05) is 50.0 Å². The number of carbonyl (C=O) groups excluding carboxylic acids is 1. The van der Waals surface area contributed by atoms with E-state index in [2.05, 4.69) is 10.2 Å². The molecular formula is C16H22ClN3O2. The molecule has 0 aromatic heterocycles. The van der Waals surface area contributed by atoms with Crippen molar-refractivity contribution in [2.75, 3.05) is 38.6 Å². The minimum absolute atomic E-state index is 0.0507. The van der Waals surface area contributed by atoms with Gasteiger partial charge in [-0.2, -0.15) is 0 Å². The summed E-state index contributed by atoms with van der Waals surface area (Å²) in [4.78, 5) is 16.5. The zero-order valence-corrected chi connectivity index (χ0v) is 13.6. The molecular weight excluding hydrogens is 302 g/mol. The average Bonchev–Trinajstić information content (AvgIpc) is 2.46. The third-order valence-corrected chi connectivity index (χ3v) is 4.79. The van der Waals surface area contributed by atoms with Gasteiger partial charge >= 0.3 is 6.03 Å². The Balaban J connectivity index is 1.44. The van der Waals surface area contributed by atoms with Gasteiger partial charge in [-0.05, 0) is 31.0 Å². The zero-order chi connectivity index (χ0) is 15.5. The maximum atomic E-state index is 12.2. The van der Waals surface area contributed by atoms with E-state index < -0.39 is 0 Å². The van der Waals surface area contributed by atoms with E-state index in [1.807, 2.05) is 17.0 Å². The van der Waals surface area contributed by atoms with Crippen LogP contribution >= 0.6 is 11.6 Å². The number of rotatable bonds is 3. The van der Waals surface area contributed by atoms with Crippen molar-refractivity contribution in [2.45, 2.75) is 25.0 Å². The van der Waals surface area contributed by atoms with Gasteiger partial charge in [0.05, 0.1) is 6.10 Å². The largest absolute Gasteiger partial charge is 0.381 e. The molecule has 0 bridgehead atoms. The van der Waals surface area contributed by atoms with Crippen LogP contribution in [0.15, 0.2) is 24.3 Å². The average molecular weight is 324 g/mol. The van der Waals surface area contributed by atoms with Crippen LogP contribution in [0.25, 0.3) is 0 Å². The summed E-state index contributed by atoms with van der Waals surface area (Å²) in [6.45, 7) is 3.72. The molecule has 1 aromatic carbocycles. The van der Waals surface area contributed by atoms with Crippen LogP contribution in [-0.4, -0.2) is 61.3 Å². The molecule has 2 fully saturated rings. The molecule has 3 rings (SSSR count). The van der Waals surface area contributed by atoms with Crippen LogP contribution in [0.3, 0.4) is 0 Å². The molecule has 0 saturated carbocycles. The number of benzene rings is 1. The molecule has 5 nitrogen and oxygen atoms in total. The molecule has 0 spiro atoms. The van der Waals surface area contributed by atoms with Crippen molar-refractivity contribution in [1.82, 2.24) is 9.80 Å². The number of ether oxygens (including phenoxy) is 1. The van der Waals surface area contributed by atoms with E-state index in [1.165, 1.54) is 0 Å². The molecule has 0 unspecified atom stereocenters. The van der Waals surface area contributed by atoms with E-state index in [1.54, 1.807) is 19.2 Å². The van der Waals surface area contributed by atoms with E-state index >= 15 is 0 Å². The number of methoxy groups -OCH3 is 1. The first kappa shape index (κ1) is 15.6. The van der Waals surface area contributed by atoms with Gasteiger partial charge in [-0.3, -0.25) is 4.90 Å². The summed E-state index contributed by atoms with van der Waals surface area (Å²) in [5.74, 6) is 0. The van der Waals surface area contributed by atoms with Crippen LogP contribution in [0.2, 0.25) is 5.02 Å². The molecule has 2 aliphatic rings. The van der Waals surface area contributed by atoms with Gasteiger partial charge in [-0.15, -0.1) is 0 Å². The third kappa shape index (κ3) is 3.54. The highest BCUT2D eigenvalue weighted by atomic mass is 35.5. The second-order valence-electron chi connectivity index (χ2n) is 5.97. The fourth-order valence-electron chi connectivity index (χ4n) is 3.10. The number of hydrogen-bond donors (Lipinski definition) is 1. The molecule has 0 atom stereocenters. The standard InChI is InChI=1S/C16H22ClN3O2/c1-22-15-5-7-19(8-6-15)14-10-20(11-14)16(21)18-13-4-2-3-12(17)9-13/h2-4,9,14-15H,5-8,10-11H2,1H3,(H,18,21). The molecule has 1 N–H and O–H groups in total. The number of hydrogen-bond acceptors (Lipinski definition) is 3. The second kappa shape index (κ2) is 6.86. The number of nitrogens with one attached hydrogen (secondary N) is 1. The summed E-state index contributed by atoms with van der Waals surface area (Å²) in [6.07, 6.45) is 2.57. The van der Waals surface area contributed by atoms with Gasteiger partial charge in [0.1, 0.15) is 0 Å². The minimum atomic E-state index is -0.0507. The fraction of sp³-hybridized carbons (Fsp3) is 0.562. The summed E-state index contributed by atoms with van der Waals surface area (Å²) < 4.78 is 5.39. The number of urea groups is 1. The van der Waals surface area contributed by atoms with E-state index in [4.69, 9.17) is 16.3 Å². The van der Waals surface area contributed by atoms with E-state index in [-0.39, 0.29) is 6.03 Å². The smallest absolute Gasteiger partial charge is 0.321 e. The predicted octanol–water partition coefficient (Wildman–Crippen LogP) is 2.67. The highest BCUT2D eigenvalue weighted by Crippen LogP contribution is 2.22. The lowest BCUT2D eigenvalue weighted by Crippen LogP contribution is -2.63. The number of carbonyl (C=O) groups is 1. The summed E-state index contributed by atoms with van der Waals surface area (Å²) in [5, 5.41) is 3.51. The Labute approximate surface area is 136 Å². The Morgan fingerprint density at radius 2 is 2.05 bits per heavy atom. The maximum absolute atomic E-state index is 12.2. The zero-order valence-electron chi connectivity index (χ0n) is 12.8.